The molecule has 0 aliphatic carbocycles. The molecule has 0 saturated carbocycles. The molecule has 0 bridgehead atoms. The predicted octanol–water partition coefficient (Wildman–Crippen LogP) is 1.66. The lowest BCUT2D eigenvalue weighted by atomic mass is 10.2. The molecule has 0 radical (unpaired) electrons. The number of hydrogen-bond donors (Lipinski definition) is 1. The van der Waals surface area contributed by atoms with E-state index in [1.54, 1.807) is 23.4 Å². The summed E-state index contributed by atoms with van der Waals surface area (Å²) in [5.41, 5.74) is 1.11. The van der Waals surface area contributed by atoms with Gasteiger partial charge in [0.05, 0.1) is 16.5 Å². The SMILES string of the molecule is CNCC1CCCN1S(=O)(=O)c1ccc(C#N)cc1C.Cl. The topological polar surface area (TPSA) is 73.2 Å². The Morgan fingerprint density at radius 2 is 2.19 bits per heavy atom. The molecular weight excluding hydrogens is 310 g/mol. The molecule has 1 N–H and O–H groups in total. The Bertz CT molecular complexity index is 640. The molecule has 7 heteroatoms. The van der Waals surface area contributed by atoms with E-state index in [4.69, 9.17) is 5.26 Å². The van der Waals surface area contributed by atoms with Gasteiger partial charge in [-0.2, -0.15) is 9.57 Å². The van der Waals surface area contributed by atoms with Gasteiger partial charge in [0.25, 0.3) is 0 Å². The van der Waals surface area contributed by atoms with Crippen molar-refractivity contribution in [3.63, 3.8) is 0 Å². The Morgan fingerprint density at radius 1 is 1.48 bits per heavy atom. The molecule has 1 heterocycles. The average molecular weight is 330 g/mol. The number of halogens is 1. The second-order valence-corrected chi connectivity index (χ2v) is 6.92. The maximum absolute atomic E-state index is 12.8. The third-order valence-electron chi connectivity index (χ3n) is 3.65. The van der Waals surface area contributed by atoms with Crippen LogP contribution in [0.15, 0.2) is 23.1 Å². The van der Waals surface area contributed by atoms with Crippen molar-refractivity contribution >= 4 is 22.4 Å². The smallest absolute Gasteiger partial charge is 0.243 e. The monoisotopic (exact) mass is 329 g/mol. The van der Waals surface area contributed by atoms with E-state index in [0.29, 0.717) is 29.1 Å². The number of aryl methyl sites for hydroxylation is 1. The molecule has 1 fully saturated rings. The molecule has 1 saturated heterocycles. The van der Waals surface area contributed by atoms with Crippen LogP contribution in [0.4, 0.5) is 0 Å². The summed E-state index contributed by atoms with van der Waals surface area (Å²) in [6, 6.07) is 6.76. The maximum Gasteiger partial charge on any atom is 0.243 e. The highest BCUT2D eigenvalue weighted by Crippen LogP contribution is 2.27. The van der Waals surface area contributed by atoms with Gasteiger partial charge in [-0.25, -0.2) is 8.42 Å². The first-order chi connectivity index (χ1) is 9.50. The molecular formula is C14H20ClN3O2S. The molecule has 0 spiro atoms. The normalized spacial score (nSPS) is 19.0. The first kappa shape index (κ1) is 17.9. The van der Waals surface area contributed by atoms with E-state index in [2.05, 4.69) is 5.32 Å². The number of nitrogens with one attached hydrogen (secondary N) is 1. The number of hydrogen-bond acceptors (Lipinski definition) is 4. The van der Waals surface area contributed by atoms with E-state index in [1.807, 2.05) is 13.1 Å². The van der Waals surface area contributed by atoms with Gasteiger partial charge in [-0.15, -0.1) is 12.4 Å². The molecule has 5 nitrogen and oxygen atoms in total. The Balaban J connectivity index is 0.00000220. The van der Waals surface area contributed by atoms with Gasteiger partial charge in [0.2, 0.25) is 10.0 Å². The van der Waals surface area contributed by atoms with Crippen LogP contribution in [0.3, 0.4) is 0 Å². The second-order valence-electron chi connectivity index (χ2n) is 5.06. The van der Waals surface area contributed by atoms with Gasteiger partial charge in [-0.3, -0.25) is 0 Å². The highest BCUT2D eigenvalue weighted by molar-refractivity contribution is 7.89. The summed E-state index contributed by atoms with van der Waals surface area (Å²) in [6.45, 7) is 2.96. The van der Waals surface area contributed by atoms with Crippen LogP contribution >= 0.6 is 12.4 Å². The fraction of sp³-hybridized carbons (Fsp3) is 0.500. The molecule has 2 rings (SSSR count). The third kappa shape index (κ3) is 3.55. The quantitative estimate of drug-likeness (QED) is 0.911. The zero-order chi connectivity index (χ0) is 14.8. The fourth-order valence-electron chi connectivity index (χ4n) is 2.70. The summed E-state index contributed by atoms with van der Waals surface area (Å²) in [6.07, 6.45) is 1.77. The van der Waals surface area contributed by atoms with Gasteiger partial charge in [0, 0.05) is 19.1 Å². The number of rotatable bonds is 4. The predicted molar refractivity (Wildman–Crippen MR) is 84.0 cm³/mol. The van der Waals surface area contributed by atoms with Gasteiger partial charge in [-0.1, -0.05) is 0 Å². The molecule has 1 aromatic carbocycles. The number of nitriles is 1. The minimum Gasteiger partial charge on any atom is -0.318 e. The van der Waals surface area contributed by atoms with Crippen LogP contribution in [0.1, 0.15) is 24.0 Å². The highest BCUT2D eigenvalue weighted by Gasteiger charge is 2.35. The van der Waals surface area contributed by atoms with Crippen molar-refractivity contribution < 1.29 is 8.42 Å². The van der Waals surface area contributed by atoms with Crippen LogP contribution < -0.4 is 5.32 Å². The molecule has 116 valence electrons. The van der Waals surface area contributed by atoms with Crippen molar-refractivity contribution in [3.8, 4) is 6.07 Å². The number of nitrogens with zero attached hydrogens (tertiary/aromatic N) is 2. The van der Waals surface area contributed by atoms with Gasteiger partial charge >= 0.3 is 0 Å². The molecule has 1 atom stereocenters. The summed E-state index contributed by atoms with van der Waals surface area (Å²) >= 11 is 0. The lowest BCUT2D eigenvalue weighted by Crippen LogP contribution is -2.40. The minimum absolute atomic E-state index is 0. The largest absolute Gasteiger partial charge is 0.318 e. The van der Waals surface area contributed by atoms with E-state index in [-0.39, 0.29) is 18.4 Å². The summed E-state index contributed by atoms with van der Waals surface area (Å²) in [4.78, 5) is 0.305. The fourth-order valence-corrected chi connectivity index (χ4v) is 4.60. The van der Waals surface area contributed by atoms with Crippen LogP contribution in [0.5, 0.6) is 0 Å². The zero-order valence-electron chi connectivity index (χ0n) is 12.2. The van der Waals surface area contributed by atoms with Crippen LogP contribution in [0.25, 0.3) is 0 Å². The molecule has 0 amide bonds. The van der Waals surface area contributed by atoms with Crippen LogP contribution in [0, 0.1) is 18.3 Å². The van der Waals surface area contributed by atoms with E-state index in [9.17, 15) is 8.42 Å². The molecule has 0 aromatic heterocycles. The van der Waals surface area contributed by atoms with Crippen molar-refractivity contribution in [2.75, 3.05) is 20.1 Å². The summed E-state index contributed by atoms with van der Waals surface area (Å²) in [7, 11) is -1.65. The first-order valence-corrected chi connectivity index (χ1v) is 8.12. The lowest BCUT2D eigenvalue weighted by Gasteiger charge is -2.24. The van der Waals surface area contributed by atoms with Crippen LogP contribution in [-0.4, -0.2) is 38.9 Å². The van der Waals surface area contributed by atoms with Gasteiger partial charge < -0.3 is 5.32 Å². The van der Waals surface area contributed by atoms with Crippen LogP contribution in [0.2, 0.25) is 0 Å². The van der Waals surface area contributed by atoms with Crippen molar-refractivity contribution in [1.82, 2.24) is 9.62 Å². The summed E-state index contributed by atoms with van der Waals surface area (Å²) < 4.78 is 27.1. The third-order valence-corrected chi connectivity index (χ3v) is 5.77. The molecule has 1 aromatic rings. The van der Waals surface area contributed by atoms with Gasteiger partial charge in [0.1, 0.15) is 0 Å². The standard InChI is InChI=1S/C14H19N3O2S.ClH/c1-11-8-12(9-15)5-6-14(11)20(18,19)17-7-3-4-13(17)10-16-2;/h5-6,8,13,16H,3-4,7,10H2,1-2H3;1H. The number of benzene rings is 1. The van der Waals surface area contributed by atoms with E-state index in [0.717, 1.165) is 12.8 Å². The van der Waals surface area contributed by atoms with Gasteiger partial charge in [-0.05, 0) is 50.6 Å². The Kier molecular flexibility index (Phi) is 6.17. The van der Waals surface area contributed by atoms with Crippen molar-refractivity contribution in [2.24, 2.45) is 0 Å². The maximum atomic E-state index is 12.8. The minimum atomic E-state index is -3.48. The van der Waals surface area contributed by atoms with E-state index in [1.165, 1.54) is 6.07 Å². The van der Waals surface area contributed by atoms with Crippen LogP contribution in [-0.2, 0) is 10.0 Å². The zero-order valence-corrected chi connectivity index (χ0v) is 13.8. The molecule has 21 heavy (non-hydrogen) atoms. The molecule has 1 aliphatic heterocycles. The first-order valence-electron chi connectivity index (χ1n) is 6.68. The Hall–Kier alpha value is -1.13. The number of sulfonamides is 1. The lowest BCUT2D eigenvalue weighted by molar-refractivity contribution is 0.379. The Labute approximate surface area is 132 Å². The average Bonchev–Trinajstić information content (AvgIpc) is 2.87. The summed E-state index contributed by atoms with van der Waals surface area (Å²) in [5.74, 6) is 0. The van der Waals surface area contributed by atoms with Crippen molar-refractivity contribution in [2.45, 2.75) is 30.7 Å². The second kappa shape index (κ2) is 7.23. The Morgan fingerprint density at radius 3 is 2.76 bits per heavy atom. The van der Waals surface area contributed by atoms with E-state index >= 15 is 0 Å². The molecule has 1 aliphatic rings. The molecule has 1 unspecified atom stereocenters. The van der Waals surface area contributed by atoms with Crippen molar-refractivity contribution in [1.29, 1.82) is 5.26 Å². The van der Waals surface area contributed by atoms with E-state index < -0.39 is 10.0 Å². The van der Waals surface area contributed by atoms with Gasteiger partial charge in [0.15, 0.2) is 0 Å². The number of likely N-dealkylation sites (N-methyl/N-ethyl adjacent to an activating group) is 1. The summed E-state index contributed by atoms with van der Waals surface area (Å²) in [5, 5.41) is 11.9. The van der Waals surface area contributed by atoms with Crippen molar-refractivity contribution in [3.05, 3.63) is 29.3 Å². The highest BCUT2D eigenvalue weighted by atomic mass is 35.5.